The number of hydrogen-bond acceptors (Lipinski definition) is 3. The van der Waals surface area contributed by atoms with Crippen LogP contribution < -0.4 is 10.1 Å². The van der Waals surface area contributed by atoms with Gasteiger partial charge in [-0.2, -0.15) is 0 Å². The van der Waals surface area contributed by atoms with Crippen LogP contribution in [-0.2, 0) is 4.79 Å². The van der Waals surface area contributed by atoms with Crippen molar-refractivity contribution in [3.05, 3.63) is 53.8 Å². The molecule has 0 spiro atoms. The predicted octanol–water partition coefficient (Wildman–Crippen LogP) is 4.02. The highest BCUT2D eigenvalue weighted by atomic mass is 19.1. The molecule has 2 aromatic carbocycles. The largest absolute Gasteiger partial charge is 0.497 e. The first-order valence-corrected chi connectivity index (χ1v) is 9.93. The number of benzene rings is 2. The molecule has 1 aliphatic rings. The number of rotatable bonds is 6. The molecule has 1 fully saturated rings. The second kappa shape index (κ2) is 9.07. The van der Waals surface area contributed by atoms with Crippen LogP contribution in [0.5, 0.6) is 5.75 Å². The van der Waals surface area contributed by atoms with Gasteiger partial charge in [-0.15, -0.1) is 0 Å². The zero-order valence-electron chi connectivity index (χ0n) is 17.1. The summed E-state index contributed by atoms with van der Waals surface area (Å²) in [6.07, 6.45) is 2.98. The molecule has 2 aromatic rings. The third-order valence-corrected chi connectivity index (χ3v) is 5.58. The molecular formula is C23H27FN2O3. The summed E-state index contributed by atoms with van der Waals surface area (Å²) in [6.45, 7) is 1.83. The molecule has 0 unspecified atom stereocenters. The molecule has 29 heavy (non-hydrogen) atoms. The molecule has 1 saturated carbocycles. The summed E-state index contributed by atoms with van der Waals surface area (Å²) in [5.41, 5.74) is 1.72. The maximum absolute atomic E-state index is 14.3. The van der Waals surface area contributed by atoms with Gasteiger partial charge in [0.2, 0.25) is 5.91 Å². The van der Waals surface area contributed by atoms with Crippen LogP contribution >= 0.6 is 0 Å². The van der Waals surface area contributed by atoms with E-state index in [1.807, 2.05) is 6.92 Å². The van der Waals surface area contributed by atoms with Gasteiger partial charge in [0, 0.05) is 42.7 Å². The van der Waals surface area contributed by atoms with Gasteiger partial charge >= 0.3 is 0 Å². The van der Waals surface area contributed by atoms with E-state index in [9.17, 15) is 14.0 Å². The minimum absolute atomic E-state index is 0.0472. The number of hydrogen-bond donors (Lipinski definition) is 1. The highest BCUT2D eigenvalue weighted by Crippen LogP contribution is 2.28. The lowest BCUT2D eigenvalue weighted by Crippen LogP contribution is -2.38. The van der Waals surface area contributed by atoms with Gasteiger partial charge in [-0.3, -0.25) is 9.59 Å². The van der Waals surface area contributed by atoms with Gasteiger partial charge in [0.25, 0.3) is 5.91 Å². The Morgan fingerprint density at radius 2 is 1.90 bits per heavy atom. The van der Waals surface area contributed by atoms with E-state index in [-0.39, 0.29) is 29.7 Å². The Morgan fingerprint density at radius 3 is 2.52 bits per heavy atom. The van der Waals surface area contributed by atoms with Crippen molar-refractivity contribution < 1.29 is 18.7 Å². The average molecular weight is 398 g/mol. The fourth-order valence-electron chi connectivity index (χ4n) is 3.79. The van der Waals surface area contributed by atoms with Crippen LogP contribution in [0.4, 0.5) is 4.39 Å². The molecule has 2 atom stereocenters. The molecular weight excluding hydrogens is 371 g/mol. The van der Waals surface area contributed by atoms with Gasteiger partial charge in [-0.05, 0) is 49.1 Å². The molecule has 1 N–H and O–H groups in total. The molecule has 154 valence electrons. The standard InChI is InChI=1S/C23H27FN2O3/c1-4-22(27)25-17-9-10-18(13-17)26(2)23(28)16-7-5-15(6-8-16)20-12-11-19(29-3)14-21(20)24/h5-8,11-12,14,17-18H,4,9-10,13H2,1-3H3,(H,25,27)/t17-,18+/m0/s1. The highest BCUT2D eigenvalue weighted by molar-refractivity contribution is 5.94. The van der Waals surface area contributed by atoms with Crippen molar-refractivity contribution >= 4 is 11.8 Å². The summed E-state index contributed by atoms with van der Waals surface area (Å²) >= 11 is 0. The Kier molecular flexibility index (Phi) is 6.52. The average Bonchev–Trinajstić information content (AvgIpc) is 3.21. The fraction of sp³-hybridized carbons (Fsp3) is 0.391. The molecule has 0 radical (unpaired) electrons. The highest BCUT2D eigenvalue weighted by Gasteiger charge is 2.30. The zero-order chi connectivity index (χ0) is 21.0. The minimum atomic E-state index is -0.369. The number of halogens is 1. The predicted molar refractivity (Wildman–Crippen MR) is 110 cm³/mol. The van der Waals surface area contributed by atoms with E-state index in [0.717, 1.165) is 19.3 Å². The summed E-state index contributed by atoms with van der Waals surface area (Å²) < 4.78 is 19.3. The van der Waals surface area contributed by atoms with E-state index < -0.39 is 0 Å². The summed E-state index contributed by atoms with van der Waals surface area (Å²) in [7, 11) is 3.30. The van der Waals surface area contributed by atoms with Crippen molar-refractivity contribution in [2.75, 3.05) is 14.2 Å². The SMILES string of the molecule is CCC(=O)N[C@H]1CC[C@@H](N(C)C(=O)c2ccc(-c3ccc(OC)cc3F)cc2)C1. The van der Waals surface area contributed by atoms with E-state index in [0.29, 0.717) is 28.9 Å². The van der Waals surface area contributed by atoms with Crippen LogP contribution in [-0.4, -0.2) is 43.0 Å². The lowest BCUT2D eigenvalue weighted by molar-refractivity contribution is -0.121. The van der Waals surface area contributed by atoms with Crippen LogP contribution in [0.25, 0.3) is 11.1 Å². The maximum Gasteiger partial charge on any atom is 0.253 e. The smallest absolute Gasteiger partial charge is 0.253 e. The lowest BCUT2D eigenvalue weighted by Gasteiger charge is -2.25. The number of carbonyl (C=O) groups is 2. The second-order valence-corrected chi connectivity index (χ2v) is 7.42. The van der Waals surface area contributed by atoms with Gasteiger partial charge in [-0.25, -0.2) is 4.39 Å². The fourth-order valence-corrected chi connectivity index (χ4v) is 3.79. The number of nitrogens with zero attached hydrogens (tertiary/aromatic N) is 1. The molecule has 2 amide bonds. The second-order valence-electron chi connectivity index (χ2n) is 7.42. The maximum atomic E-state index is 14.3. The van der Waals surface area contributed by atoms with Crippen LogP contribution in [0.1, 0.15) is 43.0 Å². The summed E-state index contributed by atoms with van der Waals surface area (Å²) in [4.78, 5) is 26.2. The Morgan fingerprint density at radius 1 is 1.17 bits per heavy atom. The number of carbonyl (C=O) groups excluding carboxylic acids is 2. The number of ether oxygens (including phenoxy) is 1. The molecule has 0 bridgehead atoms. The summed E-state index contributed by atoms with van der Waals surface area (Å²) in [5, 5.41) is 3.01. The molecule has 0 aromatic heterocycles. The van der Waals surface area contributed by atoms with Crippen molar-refractivity contribution in [1.82, 2.24) is 10.2 Å². The Bertz CT molecular complexity index is 882. The number of nitrogens with one attached hydrogen (secondary N) is 1. The van der Waals surface area contributed by atoms with E-state index >= 15 is 0 Å². The molecule has 0 saturated heterocycles. The van der Waals surface area contributed by atoms with Crippen LogP contribution in [0, 0.1) is 5.82 Å². The van der Waals surface area contributed by atoms with Crippen molar-refractivity contribution in [2.45, 2.75) is 44.7 Å². The van der Waals surface area contributed by atoms with E-state index in [1.54, 1.807) is 48.3 Å². The van der Waals surface area contributed by atoms with Crippen molar-refractivity contribution in [1.29, 1.82) is 0 Å². The Labute approximate surface area is 170 Å². The lowest BCUT2D eigenvalue weighted by atomic mass is 10.0. The molecule has 3 rings (SSSR count). The Hall–Kier alpha value is -2.89. The normalized spacial score (nSPS) is 18.3. The van der Waals surface area contributed by atoms with Gasteiger partial charge in [-0.1, -0.05) is 19.1 Å². The summed E-state index contributed by atoms with van der Waals surface area (Å²) in [5.74, 6) is 0.0709. The monoisotopic (exact) mass is 398 g/mol. The summed E-state index contributed by atoms with van der Waals surface area (Å²) in [6, 6.07) is 11.9. The van der Waals surface area contributed by atoms with E-state index in [1.165, 1.54) is 13.2 Å². The van der Waals surface area contributed by atoms with Crippen LogP contribution in [0.2, 0.25) is 0 Å². The minimum Gasteiger partial charge on any atom is -0.497 e. The van der Waals surface area contributed by atoms with Crippen LogP contribution in [0.3, 0.4) is 0 Å². The van der Waals surface area contributed by atoms with Crippen LogP contribution in [0.15, 0.2) is 42.5 Å². The topological polar surface area (TPSA) is 58.6 Å². The molecule has 0 aliphatic heterocycles. The van der Waals surface area contributed by atoms with Crippen molar-refractivity contribution in [2.24, 2.45) is 0 Å². The van der Waals surface area contributed by atoms with Crippen molar-refractivity contribution in [3.63, 3.8) is 0 Å². The molecule has 1 aliphatic carbocycles. The van der Waals surface area contributed by atoms with E-state index in [4.69, 9.17) is 4.74 Å². The number of methoxy groups -OCH3 is 1. The Balaban J connectivity index is 1.67. The number of amides is 2. The first-order chi connectivity index (χ1) is 13.9. The first kappa shape index (κ1) is 20.8. The molecule has 0 heterocycles. The van der Waals surface area contributed by atoms with Gasteiger partial charge in [0.15, 0.2) is 0 Å². The zero-order valence-corrected chi connectivity index (χ0v) is 17.1. The first-order valence-electron chi connectivity index (χ1n) is 9.93. The third kappa shape index (κ3) is 4.75. The third-order valence-electron chi connectivity index (χ3n) is 5.58. The van der Waals surface area contributed by atoms with Gasteiger partial charge in [0.1, 0.15) is 11.6 Å². The van der Waals surface area contributed by atoms with Gasteiger partial charge < -0.3 is 15.0 Å². The molecule has 6 heteroatoms. The van der Waals surface area contributed by atoms with Gasteiger partial charge in [0.05, 0.1) is 7.11 Å². The van der Waals surface area contributed by atoms with Crippen molar-refractivity contribution in [3.8, 4) is 16.9 Å². The van der Waals surface area contributed by atoms with E-state index in [2.05, 4.69) is 5.32 Å². The molecule has 5 nitrogen and oxygen atoms in total. The quantitative estimate of drug-likeness (QED) is 0.800.